The van der Waals surface area contributed by atoms with E-state index in [-0.39, 0.29) is 5.91 Å². The highest BCUT2D eigenvalue weighted by atomic mass is 35.6. The lowest BCUT2D eigenvalue weighted by Gasteiger charge is -2.28. The molecule has 1 amide bonds. The van der Waals surface area contributed by atoms with Gasteiger partial charge in [-0.3, -0.25) is 4.79 Å². The van der Waals surface area contributed by atoms with Crippen molar-refractivity contribution in [3.8, 4) is 0 Å². The average molecular weight is 519 g/mol. The van der Waals surface area contributed by atoms with Gasteiger partial charge in [0.25, 0.3) is 0 Å². The number of carbonyl (C=O) groups is 1. The predicted molar refractivity (Wildman–Crippen MR) is 133 cm³/mol. The molecule has 0 heterocycles. The fourth-order valence-electron chi connectivity index (χ4n) is 3.14. The number of amides is 1. The molecular formula is C22H33Cl5N2O. The molecule has 0 radical (unpaired) electrons. The highest BCUT2D eigenvalue weighted by molar-refractivity contribution is 6.68. The summed E-state index contributed by atoms with van der Waals surface area (Å²) in [6, 6.07) is 4.91. The smallest absolute Gasteiger partial charge is 0.228 e. The van der Waals surface area contributed by atoms with E-state index in [2.05, 4.69) is 17.6 Å². The minimum absolute atomic E-state index is 0.167. The molecule has 1 aromatic carbocycles. The third kappa shape index (κ3) is 12.7. The van der Waals surface area contributed by atoms with E-state index in [0.29, 0.717) is 22.2 Å². The molecule has 0 aliphatic rings. The van der Waals surface area contributed by atoms with Gasteiger partial charge >= 0.3 is 0 Å². The summed E-state index contributed by atoms with van der Waals surface area (Å²) in [5.74, 6) is -0.167. The van der Waals surface area contributed by atoms with Crippen LogP contribution in [0.15, 0.2) is 18.2 Å². The monoisotopic (exact) mass is 516 g/mol. The van der Waals surface area contributed by atoms with Crippen molar-refractivity contribution >= 4 is 69.6 Å². The van der Waals surface area contributed by atoms with Gasteiger partial charge in [0, 0.05) is 11.4 Å². The minimum Gasteiger partial charge on any atom is -0.361 e. The Kier molecular flexibility index (Phi) is 14.6. The van der Waals surface area contributed by atoms with Crippen LogP contribution < -0.4 is 10.6 Å². The molecule has 3 nitrogen and oxygen atoms in total. The number of benzene rings is 1. The second-order valence-corrected chi connectivity index (χ2v) is 10.8. The fraction of sp³-hybridized carbons (Fsp3) is 0.682. The Labute approximate surface area is 206 Å². The molecule has 0 saturated carbocycles. The fourth-order valence-corrected chi connectivity index (χ4v) is 3.94. The normalized spacial score (nSPS) is 12.6. The molecule has 0 unspecified atom stereocenters. The average Bonchev–Trinajstić information content (AvgIpc) is 2.66. The molecule has 8 heteroatoms. The van der Waals surface area contributed by atoms with Crippen LogP contribution in [0.5, 0.6) is 0 Å². The van der Waals surface area contributed by atoms with Crippen LogP contribution in [0, 0.1) is 0 Å². The van der Waals surface area contributed by atoms with Crippen molar-refractivity contribution in [2.24, 2.45) is 0 Å². The summed E-state index contributed by atoms with van der Waals surface area (Å²) >= 11 is 30.2. The van der Waals surface area contributed by atoms with Gasteiger partial charge in [-0.15, -0.1) is 0 Å². The third-order valence-corrected chi connectivity index (χ3v) is 6.07. The van der Waals surface area contributed by atoms with Gasteiger partial charge in [-0.25, -0.2) is 0 Å². The quantitative estimate of drug-likeness (QED) is 0.138. The Hall–Kier alpha value is -0.0600. The predicted octanol–water partition coefficient (Wildman–Crippen LogP) is 8.92. The number of hydrogen-bond acceptors (Lipinski definition) is 2. The van der Waals surface area contributed by atoms with Crippen LogP contribution in [0.1, 0.15) is 84.0 Å². The molecule has 0 aromatic heterocycles. The van der Waals surface area contributed by atoms with Crippen LogP contribution in [0.3, 0.4) is 0 Å². The Balaban J connectivity index is 2.26. The Morgan fingerprint density at radius 1 is 0.900 bits per heavy atom. The van der Waals surface area contributed by atoms with E-state index in [1.54, 1.807) is 18.2 Å². The van der Waals surface area contributed by atoms with E-state index < -0.39 is 9.96 Å². The van der Waals surface area contributed by atoms with Crippen LogP contribution in [0.2, 0.25) is 10.0 Å². The van der Waals surface area contributed by atoms with Crippen molar-refractivity contribution in [2.75, 3.05) is 5.32 Å². The number of anilines is 1. The first kappa shape index (κ1) is 28.0. The molecule has 0 fully saturated rings. The maximum absolute atomic E-state index is 12.3. The first-order valence-corrected chi connectivity index (χ1v) is 12.7. The maximum atomic E-state index is 12.3. The minimum atomic E-state index is -1.74. The lowest BCUT2D eigenvalue weighted by atomic mass is 10.1. The van der Waals surface area contributed by atoms with E-state index in [0.717, 1.165) is 19.3 Å². The summed E-state index contributed by atoms with van der Waals surface area (Å²) in [6.07, 6.45) is 13.0. The first-order chi connectivity index (χ1) is 14.2. The van der Waals surface area contributed by atoms with Gasteiger partial charge in [-0.1, -0.05) is 129 Å². The van der Waals surface area contributed by atoms with Crippen molar-refractivity contribution in [2.45, 2.75) is 93.9 Å². The summed E-state index contributed by atoms with van der Waals surface area (Å²) in [6.45, 7) is 2.24. The van der Waals surface area contributed by atoms with Crippen molar-refractivity contribution in [3.05, 3.63) is 28.2 Å². The Morgan fingerprint density at radius 2 is 1.43 bits per heavy atom. The van der Waals surface area contributed by atoms with Crippen LogP contribution in [0.4, 0.5) is 5.69 Å². The number of carbonyl (C=O) groups excluding carboxylic acids is 1. The molecule has 0 bridgehead atoms. The Bertz CT molecular complexity index is 622. The molecule has 172 valence electrons. The standard InChI is InChI=1S/C22H33Cl5N2O/c1-2-3-4-5-6-7-8-9-10-11-12-13-20(30)29-21(22(25,26)27)28-19-15-14-17(23)16-18(19)24/h14-16,21,28H,2-13H2,1H3,(H,29,30)/t21-/m0/s1. The lowest BCUT2D eigenvalue weighted by molar-refractivity contribution is -0.121. The number of halogens is 5. The summed E-state index contributed by atoms with van der Waals surface area (Å²) < 4.78 is -1.74. The van der Waals surface area contributed by atoms with E-state index in [4.69, 9.17) is 58.0 Å². The molecule has 1 rings (SSSR count). The SMILES string of the molecule is CCCCCCCCCCCCCC(=O)N[C@H](Nc1ccc(Cl)cc1Cl)C(Cl)(Cl)Cl. The number of rotatable bonds is 15. The summed E-state index contributed by atoms with van der Waals surface area (Å²) in [5, 5.41) is 6.59. The zero-order chi connectivity index (χ0) is 22.4. The number of unbranched alkanes of at least 4 members (excludes halogenated alkanes) is 10. The molecule has 1 aromatic rings. The topological polar surface area (TPSA) is 41.1 Å². The van der Waals surface area contributed by atoms with Crippen LogP contribution >= 0.6 is 58.0 Å². The zero-order valence-corrected chi connectivity index (χ0v) is 21.4. The number of alkyl halides is 3. The van der Waals surface area contributed by atoms with Gasteiger partial charge < -0.3 is 10.6 Å². The molecule has 2 N–H and O–H groups in total. The van der Waals surface area contributed by atoms with Crippen molar-refractivity contribution in [1.82, 2.24) is 5.32 Å². The van der Waals surface area contributed by atoms with Crippen LogP contribution in [-0.2, 0) is 4.79 Å². The van der Waals surface area contributed by atoms with Gasteiger partial charge in [-0.05, 0) is 24.6 Å². The second-order valence-electron chi connectivity index (χ2n) is 7.60. The summed E-state index contributed by atoms with van der Waals surface area (Å²) in [5.41, 5.74) is 0.521. The van der Waals surface area contributed by atoms with Gasteiger partial charge in [0.1, 0.15) is 6.17 Å². The molecule has 30 heavy (non-hydrogen) atoms. The van der Waals surface area contributed by atoms with Crippen molar-refractivity contribution < 1.29 is 4.79 Å². The molecule has 1 atom stereocenters. The molecule has 0 saturated heterocycles. The number of hydrogen-bond donors (Lipinski definition) is 2. The molecule has 0 aliphatic carbocycles. The second kappa shape index (κ2) is 15.7. The van der Waals surface area contributed by atoms with Crippen LogP contribution in [0.25, 0.3) is 0 Å². The van der Waals surface area contributed by atoms with Gasteiger partial charge in [0.15, 0.2) is 0 Å². The van der Waals surface area contributed by atoms with E-state index in [9.17, 15) is 4.79 Å². The third-order valence-electron chi connectivity index (χ3n) is 4.87. The lowest BCUT2D eigenvalue weighted by Crippen LogP contribution is -2.49. The number of nitrogens with one attached hydrogen (secondary N) is 2. The largest absolute Gasteiger partial charge is 0.361 e. The van der Waals surface area contributed by atoms with Crippen molar-refractivity contribution in [3.63, 3.8) is 0 Å². The van der Waals surface area contributed by atoms with E-state index in [1.165, 1.54) is 51.4 Å². The van der Waals surface area contributed by atoms with E-state index >= 15 is 0 Å². The van der Waals surface area contributed by atoms with Crippen LogP contribution in [-0.4, -0.2) is 15.9 Å². The molecular weight excluding hydrogens is 486 g/mol. The highest BCUT2D eigenvalue weighted by Gasteiger charge is 2.34. The Morgan fingerprint density at radius 3 is 1.93 bits per heavy atom. The van der Waals surface area contributed by atoms with E-state index in [1.807, 2.05) is 0 Å². The zero-order valence-electron chi connectivity index (χ0n) is 17.6. The van der Waals surface area contributed by atoms with Gasteiger partial charge in [0.2, 0.25) is 9.70 Å². The van der Waals surface area contributed by atoms with Crippen molar-refractivity contribution in [1.29, 1.82) is 0 Å². The summed E-state index contributed by atoms with van der Waals surface area (Å²) in [4.78, 5) is 12.3. The molecule has 0 spiro atoms. The maximum Gasteiger partial charge on any atom is 0.228 e. The summed E-state index contributed by atoms with van der Waals surface area (Å²) in [7, 11) is 0. The van der Waals surface area contributed by atoms with Gasteiger partial charge in [0.05, 0.1) is 10.7 Å². The first-order valence-electron chi connectivity index (χ1n) is 10.8. The van der Waals surface area contributed by atoms with Gasteiger partial charge in [-0.2, -0.15) is 0 Å². The highest BCUT2D eigenvalue weighted by Crippen LogP contribution is 2.33. The molecule has 0 aliphatic heterocycles.